The van der Waals surface area contributed by atoms with Gasteiger partial charge in [-0.05, 0) is 29.8 Å². The minimum absolute atomic E-state index is 0.00235. The molecule has 2 saturated heterocycles. The topological polar surface area (TPSA) is 85.3 Å². The first-order chi connectivity index (χ1) is 13.3. The van der Waals surface area contributed by atoms with Gasteiger partial charge in [-0.15, -0.1) is 11.6 Å². The minimum Gasteiger partial charge on any atom is -0.490 e. The number of amidine groups is 1. The second-order valence-corrected chi connectivity index (χ2v) is 10.7. The quantitative estimate of drug-likeness (QED) is 0.543. The first-order valence-corrected chi connectivity index (χ1v) is 12.7. The van der Waals surface area contributed by atoms with Gasteiger partial charge in [0.2, 0.25) is 0 Å². The Morgan fingerprint density at radius 3 is 2.54 bits per heavy atom. The molecule has 2 fully saturated rings. The highest BCUT2D eigenvalue weighted by atomic mass is 79.9. The van der Waals surface area contributed by atoms with Crippen molar-refractivity contribution in [2.45, 2.75) is 25.1 Å². The number of ether oxygens (including phenoxy) is 2. The maximum absolute atomic E-state index is 12.2. The largest absolute Gasteiger partial charge is 0.490 e. The van der Waals surface area contributed by atoms with Gasteiger partial charge in [0.15, 0.2) is 26.5 Å². The molecule has 154 valence electrons. The summed E-state index contributed by atoms with van der Waals surface area (Å²) in [6.07, 6.45) is 0. The van der Waals surface area contributed by atoms with Crippen molar-refractivity contribution >= 4 is 65.9 Å². The van der Waals surface area contributed by atoms with Gasteiger partial charge in [0.25, 0.3) is 5.91 Å². The number of carbonyl (C=O) groups is 1. The molecular formula is C17H20BrClN2O5S2. The van der Waals surface area contributed by atoms with E-state index in [1.807, 2.05) is 13.8 Å². The van der Waals surface area contributed by atoms with E-state index in [-0.39, 0.29) is 28.7 Å². The molecule has 1 amide bonds. The van der Waals surface area contributed by atoms with Crippen LogP contribution in [0, 0.1) is 0 Å². The van der Waals surface area contributed by atoms with Crippen LogP contribution in [0.1, 0.15) is 13.8 Å². The molecule has 0 aromatic heterocycles. The third-order valence-corrected chi connectivity index (χ3v) is 8.35. The van der Waals surface area contributed by atoms with Crippen molar-refractivity contribution in [3.8, 4) is 11.5 Å². The Balaban J connectivity index is 2.09. The number of alkyl halides is 1. The zero-order valence-electron chi connectivity index (χ0n) is 15.4. The highest BCUT2D eigenvalue weighted by molar-refractivity contribution is 9.10. The summed E-state index contributed by atoms with van der Waals surface area (Å²) in [6.45, 7) is 4.67. The molecule has 0 spiro atoms. The average molecular weight is 512 g/mol. The van der Waals surface area contributed by atoms with Crippen molar-refractivity contribution in [2.24, 2.45) is 4.99 Å². The third-order valence-electron chi connectivity index (χ3n) is 4.27. The van der Waals surface area contributed by atoms with Gasteiger partial charge in [-0.25, -0.2) is 8.42 Å². The van der Waals surface area contributed by atoms with Crippen molar-refractivity contribution in [1.82, 2.24) is 0 Å². The molecule has 7 nitrogen and oxygen atoms in total. The standard InChI is InChI=1S/C17H20BrClN2O5S2/c1-3-25-13-5-10(18)11(6-14(13)26-4-2)21-12-8-28(23,24)9-15(12)27-17(21)20-16(22)7-19/h5-6,12,15H,3-4,7-9H2,1-2H3/t12-,15-/m0/s1. The van der Waals surface area contributed by atoms with Crippen LogP contribution in [0.4, 0.5) is 5.69 Å². The maximum Gasteiger partial charge on any atom is 0.262 e. The van der Waals surface area contributed by atoms with Crippen molar-refractivity contribution in [1.29, 1.82) is 0 Å². The Kier molecular flexibility index (Phi) is 6.84. The van der Waals surface area contributed by atoms with E-state index in [1.165, 1.54) is 11.8 Å². The summed E-state index contributed by atoms with van der Waals surface area (Å²) < 4.78 is 36.4. The molecule has 0 radical (unpaired) electrons. The van der Waals surface area contributed by atoms with Gasteiger partial charge < -0.3 is 14.4 Å². The minimum atomic E-state index is -3.15. The summed E-state index contributed by atoms with van der Waals surface area (Å²) in [5, 5.41) is 0.253. The fraction of sp³-hybridized carbons (Fsp3) is 0.529. The van der Waals surface area contributed by atoms with Crippen molar-refractivity contribution < 1.29 is 22.7 Å². The van der Waals surface area contributed by atoms with Crippen LogP contribution < -0.4 is 14.4 Å². The van der Waals surface area contributed by atoms with Crippen LogP contribution in [0.25, 0.3) is 0 Å². The SMILES string of the molecule is CCOc1cc(Br)c(N2C(=NC(=O)CCl)S[C@H]3CS(=O)(=O)C[C@@H]32)cc1OCC. The van der Waals surface area contributed by atoms with Gasteiger partial charge >= 0.3 is 0 Å². The molecule has 0 saturated carbocycles. The molecule has 2 atom stereocenters. The number of nitrogens with zero attached hydrogens (tertiary/aromatic N) is 2. The number of amides is 1. The van der Waals surface area contributed by atoms with E-state index in [0.29, 0.717) is 40.0 Å². The molecule has 11 heteroatoms. The molecule has 2 aliphatic heterocycles. The lowest BCUT2D eigenvalue weighted by Gasteiger charge is -2.26. The third kappa shape index (κ3) is 4.44. The lowest BCUT2D eigenvalue weighted by Crippen LogP contribution is -2.38. The lowest BCUT2D eigenvalue weighted by atomic mass is 10.2. The smallest absolute Gasteiger partial charge is 0.262 e. The fourth-order valence-electron chi connectivity index (χ4n) is 3.23. The molecule has 0 aliphatic carbocycles. The second-order valence-electron chi connectivity index (χ2n) is 6.21. The van der Waals surface area contributed by atoms with E-state index < -0.39 is 15.7 Å². The first-order valence-electron chi connectivity index (χ1n) is 8.72. The Morgan fingerprint density at radius 2 is 1.93 bits per heavy atom. The summed E-state index contributed by atoms with van der Waals surface area (Å²) in [5.74, 6) is 0.476. The van der Waals surface area contributed by atoms with Crippen molar-refractivity contribution in [3.05, 3.63) is 16.6 Å². The highest BCUT2D eigenvalue weighted by Crippen LogP contribution is 2.46. The summed E-state index contributed by atoms with van der Waals surface area (Å²) in [5.41, 5.74) is 0.671. The Bertz CT molecular complexity index is 909. The molecular weight excluding hydrogens is 492 g/mol. The second kappa shape index (κ2) is 8.81. The van der Waals surface area contributed by atoms with Crippen LogP contribution in [0.5, 0.6) is 11.5 Å². The van der Waals surface area contributed by atoms with Gasteiger partial charge in [0, 0.05) is 21.9 Å². The number of rotatable bonds is 6. The lowest BCUT2D eigenvalue weighted by molar-refractivity contribution is -0.115. The van der Waals surface area contributed by atoms with E-state index in [0.717, 1.165) is 0 Å². The van der Waals surface area contributed by atoms with E-state index >= 15 is 0 Å². The summed E-state index contributed by atoms with van der Waals surface area (Å²) >= 11 is 10.5. The normalized spacial score (nSPS) is 24.4. The van der Waals surface area contributed by atoms with Gasteiger partial charge in [-0.2, -0.15) is 4.99 Å². The van der Waals surface area contributed by atoms with Gasteiger partial charge in [-0.3, -0.25) is 4.79 Å². The average Bonchev–Trinajstić information content (AvgIpc) is 3.08. The molecule has 2 aliphatic rings. The molecule has 2 heterocycles. The molecule has 1 aromatic carbocycles. The number of aliphatic imine (C=N–C) groups is 1. The number of halogens is 2. The molecule has 0 bridgehead atoms. The zero-order chi connectivity index (χ0) is 20.5. The number of thioether (sulfide) groups is 1. The van der Waals surface area contributed by atoms with Gasteiger partial charge in [0.05, 0.1) is 36.4 Å². The predicted molar refractivity (Wildman–Crippen MR) is 116 cm³/mol. The van der Waals surface area contributed by atoms with E-state index in [2.05, 4.69) is 20.9 Å². The summed E-state index contributed by atoms with van der Waals surface area (Å²) in [4.78, 5) is 17.8. The number of carbonyl (C=O) groups excluding carboxylic acids is 1. The Morgan fingerprint density at radius 1 is 1.29 bits per heavy atom. The van der Waals surface area contributed by atoms with Crippen LogP contribution in [-0.4, -0.2) is 61.4 Å². The predicted octanol–water partition coefficient (Wildman–Crippen LogP) is 3.09. The number of benzene rings is 1. The molecule has 1 aromatic rings. The molecule has 0 N–H and O–H groups in total. The van der Waals surface area contributed by atoms with Crippen molar-refractivity contribution in [3.63, 3.8) is 0 Å². The number of hydrogen-bond donors (Lipinski definition) is 0. The zero-order valence-corrected chi connectivity index (χ0v) is 19.3. The van der Waals surface area contributed by atoms with Gasteiger partial charge in [-0.1, -0.05) is 11.8 Å². The van der Waals surface area contributed by atoms with Crippen LogP contribution in [0.15, 0.2) is 21.6 Å². The van der Waals surface area contributed by atoms with Crippen LogP contribution in [0.3, 0.4) is 0 Å². The monoisotopic (exact) mass is 510 g/mol. The highest BCUT2D eigenvalue weighted by Gasteiger charge is 2.50. The number of hydrogen-bond acceptors (Lipinski definition) is 6. The molecule has 0 unspecified atom stereocenters. The van der Waals surface area contributed by atoms with Crippen LogP contribution in [0.2, 0.25) is 0 Å². The Hall–Kier alpha value is -0.970. The maximum atomic E-state index is 12.2. The van der Waals surface area contributed by atoms with Crippen molar-refractivity contribution in [2.75, 3.05) is 35.5 Å². The fourth-order valence-corrected chi connectivity index (χ4v) is 7.73. The summed E-state index contributed by atoms with van der Waals surface area (Å²) in [7, 11) is -3.15. The van der Waals surface area contributed by atoms with Crippen LogP contribution in [-0.2, 0) is 14.6 Å². The van der Waals surface area contributed by atoms with E-state index in [1.54, 1.807) is 17.0 Å². The molecule has 3 rings (SSSR count). The summed E-state index contributed by atoms with van der Waals surface area (Å²) in [6, 6.07) is 3.25. The number of sulfone groups is 1. The van der Waals surface area contributed by atoms with E-state index in [9.17, 15) is 13.2 Å². The molecule has 28 heavy (non-hydrogen) atoms. The van der Waals surface area contributed by atoms with Gasteiger partial charge in [0.1, 0.15) is 5.88 Å². The van der Waals surface area contributed by atoms with Crippen LogP contribution >= 0.6 is 39.3 Å². The number of anilines is 1. The van der Waals surface area contributed by atoms with E-state index in [4.69, 9.17) is 21.1 Å². The first kappa shape index (κ1) is 21.7. The Labute approximate surface area is 181 Å². The number of fused-ring (bicyclic) bond motifs is 1.